The Balaban J connectivity index is 1.48. The first-order valence-electron chi connectivity index (χ1n) is 12.6. The molecule has 0 unspecified atom stereocenters. The van der Waals surface area contributed by atoms with Gasteiger partial charge in [-0.25, -0.2) is 23.4 Å². The fourth-order valence-electron chi connectivity index (χ4n) is 5.11. The number of benzene rings is 1. The molecule has 9 nitrogen and oxygen atoms in total. The van der Waals surface area contributed by atoms with Gasteiger partial charge in [-0.05, 0) is 54.9 Å². The number of hydrogen-bond acceptors (Lipinski definition) is 9. The minimum absolute atomic E-state index is 0.0125. The van der Waals surface area contributed by atoms with Crippen molar-refractivity contribution in [3.05, 3.63) is 53.6 Å². The molecule has 2 aliphatic rings. The van der Waals surface area contributed by atoms with Gasteiger partial charge in [0.15, 0.2) is 9.84 Å². The Kier molecular flexibility index (Phi) is 6.80. The van der Waals surface area contributed by atoms with E-state index in [9.17, 15) is 8.42 Å². The number of hydrogen-bond donors (Lipinski definition) is 2. The number of rotatable bonds is 6. The van der Waals surface area contributed by atoms with Crippen molar-refractivity contribution in [3.63, 3.8) is 0 Å². The summed E-state index contributed by atoms with van der Waals surface area (Å²) in [5.74, 6) is 1.54. The van der Waals surface area contributed by atoms with E-state index in [0.717, 1.165) is 47.7 Å². The lowest BCUT2D eigenvalue weighted by atomic mass is 9.76. The second-order valence-electron chi connectivity index (χ2n) is 10.6. The molecule has 196 valence electrons. The van der Waals surface area contributed by atoms with Gasteiger partial charge in [0.25, 0.3) is 0 Å². The molecule has 3 heterocycles. The van der Waals surface area contributed by atoms with Crippen LogP contribution in [0, 0.1) is 5.41 Å². The molecule has 0 radical (unpaired) electrons. The van der Waals surface area contributed by atoms with E-state index in [0.29, 0.717) is 25.3 Å². The third-order valence-corrected chi connectivity index (χ3v) is 8.99. The van der Waals surface area contributed by atoms with E-state index in [1.54, 1.807) is 18.6 Å². The van der Waals surface area contributed by atoms with Crippen molar-refractivity contribution < 1.29 is 18.3 Å². The summed E-state index contributed by atoms with van der Waals surface area (Å²) in [4.78, 5) is 15.7. The lowest BCUT2D eigenvalue weighted by Gasteiger charge is -2.33. The number of nitrogens with zero attached hydrogens (tertiary/aromatic N) is 4. The highest BCUT2D eigenvalue weighted by Crippen LogP contribution is 2.39. The summed E-state index contributed by atoms with van der Waals surface area (Å²) in [6.07, 6.45) is 6.39. The standard InChI is InChI=1S/C27H33N5O4S/c1-27(2)7-6-22-21(14-27)26(31-17-30-22)32-8-10-36-23-5-4-18(12-20(23)16-32)19-13-24(25(28)29-15-19)37(34,35)11-3-9-33/h4-5,12-13,15,17,33H,3,6-11,14,16H2,1-2H3,(H2,28,29). The highest BCUT2D eigenvalue weighted by atomic mass is 32.2. The first kappa shape index (κ1) is 25.4. The zero-order chi connectivity index (χ0) is 26.2. The molecule has 0 atom stereocenters. The Morgan fingerprint density at radius 2 is 2.00 bits per heavy atom. The van der Waals surface area contributed by atoms with Crippen molar-refractivity contribution in [2.24, 2.45) is 5.41 Å². The zero-order valence-electron chi connectivity index (χ0n) is 21.3. The number of aromatic nitrogens is 3. The van der Waals surface area contributed by atoms with Gasteiger partial charge in [-0.3, -0.25) is 0 Å². The first-order chi connectivity index (χ1) is 17.7. The van der Waals surface area contributed by atoms with E-state index < -0.39 is 9.84 Å². The number of aryl methyl sites for hydroxylation is 1. The molecule has 0 spiro atoms. The maximum absolute atomic E-state index is 12.8. The molecule has 0 amide bonds. The Morgan fingerprint density at radius 1 is 1.16 bits per heavy atom. The number of sulfone groups is 1. The molecule has 3 aromatic rings. The Morgan fingerprint density at radius 3 is 2.81 bits per heavy atom. The van der Waals surface area contributed by atoms with Crippen LogP contribution in [-0.2, 0) is 29.2 Å². The molecule has 10 heteroatoms. The molecule has 0 saturated carbocycles. The van der Waals surface area contributed by atoms with Crippen LogP contribution in [0.1, 0.15) is 43.5 Å². The van der Waals surface area contributed by atoms with Crippen molar-refractivity contribution in [1.29, 1.82) is 0 Å². The molecular weight excluding hydrogens is 490 g/mol. The molecular formula is C27H33N5O4S. The van der Waals surface area contributed by atoms with Crippen LogP contribution in [0.3, 0.4) is 0 Å². The van der Waals surface area contributed by atoms with E-state index in [1.165, 1.54) is 5.56 Å². The van der Waals surface area contributed by atoms with Crippen molar-refractivity contribution in [3.8, 4) is 16.9 Å². The zero-order valence-corrected chi connectivity index (χ0v) is 22.1. The summed E-state index contributed by atoms with van der Waals surface area (Å²) in [7, 11) is -3.66. The van der Waals surface area contributed by atoms with Crippen molar-refractivity contribution in [1.82, 2.24) is 15.0 Å². The summed E-state index contributed by atoms with van der Waals surface area (Å²) in [6, 6.07) is 7.40. The molecule has 1 aliphatic carbocycles. The SMILES string of the molecule is CC1(C)CCc2ncnc(N3CCOc4ccc(-c5cnc(N)c(S(=O)(=O)CCCO)c5)cc4C3)c2C1. The Labute approximate surface area is 217 Å². The minimum Gasteiger partial charge on any atom is -0.491 e. The molecule has 37 heavy (non-hydrogen) atoms. The normalized spacial score (nSPS) is 16.9. The van der Waals surface area contributed by atoms with Crippen LogP contribution >= 0.6 is 0 Å². The molecule has 5 rings (SSSR count). The number of ether oxygens (including phenoxy) is 1. The van der Waals surface area contributed by atoms with Gasteiger partial charge in [0.1, 0.15) is 35.2 Å². The van der Waals surface area contributed by atoms with E-state index >= 15 is 0 Å². The number of aliphatic hydroxyl groups excluding tert-OH is 1. The van der Waals surface area contributed by atoms with Gasteiger partial charge in [0.2, 0.25) is 0 Å². The van der Waals surface area contributed by atoms with E-state index in [1.807, 2.05) is 18.2 Å². The fourth-order valence-corrected chi connectivity index (χ4v) is 6.52. The molecule has 0 saturated heterocycles. The highest BCUT2D eigenvalue weighted by molar-refractivity contribution is 7.91. The maximum atomic E-state index is 12.8. The number of anilines is 2. The van der Waals surface area contributed by atoms with Gasteiger partial charge < -0.3 is 20.5 Å². The summed E-state index contributed by atoms with van der Waals surface area (Å²) in [5, 5.41) is 9.07. The van der Waals surface area contributed by atoms with Crippen molar-refractivity contribution >= 4 is 21.5 Å². The third-order valence-electron chi connectivity index (χ3n) is 7.17. The first-order valence-corrected chi connectivity index (χ1v) is 14.2. The van der Waals surface area contributed by atoms with Gasteiger partial charge in [-0.2, -0.15) is 0 Å². The van der Waals surface area contributed by atoms with Crippen LogP contribution in [0.15, 0.2) is 41.7 Å². The van der Waals surface area contributed by atoms with E-state index in [2.05, 4.69) is 28.7 Å². The molecule has 2 aromatic heterocycles. The van der Waals surface area contributed by atoms with Crippen LogP contribution in [-0.4, -0.2) is 54.0 Å². The fraction of sp³-hybridized carbons (Fsp3) is 0.444. The van der Waals surface area contributed by atoms with Gasteiger partial charge >= 0.3 is 0 Å². The number of nitrogens with two attached hydrogens (primary N) is 1. The quantitative estimate of drug-likeness (QED) is 0.500. The summed E-state index contributed by atoms with van der Waals surface area (Å²) in [5.41, 5.74) is 10.9. The van der Waals surface area contributed by atoms with Gasteiger partial charge in [0, 0.05) is 41.7 Å². The molecule has 0 bridgehead atoms. The smallest absolute Gasteiger partial charge is 0.182 e. The monoisotopic (exact) mass is 523 g/mol. The third kappa shape index (κ3) is 5.26. The largest absolute Gasteiger partial charge is 0.491 e. The number of fused-ring (bicyclic) bond motifs is 2. The molecule has 1 aliphatic heterocycles. The number of aliphatic hydroxyl groups is 1. The van der Waals surface area contributed by atoms with Crippen molar-refractivity contribution in [2.45, 2.75) is 51.0 Å². The predicted octanol–water partition coefficient (Wildman–Crippen LogP) is 3.19. The second kappa shape index (κ2) is 9.90. The van der Waals surface area contributed by atoms with Crippen LogP contribution in [0.2, 0.25) is 0 Å². The highest BCUT2D eigenvalue weighted by Gasteiger charge is 2.30. The Bertz CT molecular complexity index is 1420. The van der Waals surface area contributed by atoms with E-state index in [4.69, 9.17) is 20.6 Å². The van der Waals surface area contributed by atoms with Gasteiger partial charge in [-0.1, -0.05) is 19.9 Å². The molecule has 0 fully saturated rings. The number of nitrogen functional groups attached to an aromatic ring is 1. The van der Waals surface area contributed by atoms with Gasteiger partial charge in [-0.15, -0.1) is 0 Å². The summed E-state index contributed by atoms with van der Waals surface area (Å²) in [6.45, 7) is 6.21. The minimum atomic E-state index is -3.66. The van der Waals surface area contributed by atoms with Crippen LogP contribution in [0.4, 0.5) is 11.6 Å². The average Bonchev–Trinajstić information content (AvgIpc) is 3.08. The van der Waals surface area contributed by atoms with Crippen molar-refractivity contribution in [2.75, 3.05) is 36.1 Å². The van der Waals surface area contributed by atoms with Gasteiger partial charge in [0.05, 0.1) is 12.3 Å². The molecule has 3 N–H and O–H groups in total. The van der Waals surface area contributed by atoms with Crippen LogP contribution in [0.5, 0.6) is 5.75 Å². The number of pyridine rings is 1. The molecule has 1 aromatic carbocycles. The maximum Gasteiger partial charge on any atom is 0.182 e. The topological polar surface area (TPSA) is 132 Å². The Hall–Kier alpha value is -3.24. The summed E-state index contributed by atoms with van der Waals surface area (Å²) >= 11 is 0. The van der Waals surface area contributed by atoms with Crippen LogP contribution < -0.4 is 15.4 Å². The predicted molar refractivity (Wildman–Crippen MR) is 142 cm³/mol. The summed E-state index contributed by atoms with van der Waals surface area (Å²) < 4.78 is 31.6. The van der Waals surface area contributed by atoms with Crippen LogP contribution in [0.25, 0.3) is 11.1 Å². The lowest BCUT2D eigenvalue weighted by molar-refractivity contribution is 0.295. The van der Waals surface area contributed by atoms with E-state index in [-0.39, 0.29) is 34.9 Å². The average molecular weight is 524 g/mol. The lowest BCUT2D eigenvalue weighted by Crippen LogP contribution is -2.31. The second-order valence-corrected chi connectivity index (χ2v) is 12.6.